The first-order valence-electron chi connectivity index (χ1n) is 7.50. The summed E-state index contributed by atoms with van der Waals surface area (Å²) in [6.07, 6.45) is 5.47. The van der Waals surface area contributed by atoms with Crippen LogP contribution in [0.15, 0.2) is 24.3 Å². The zero-order valence-corrected chi connectivity index (χ0v) is 12.8. The molecule has 1 heterocycles. The van der Waals surface area contributed by atoms with Gasteiger partial charge in [-0.2, -0.15) is 0 Å². The van der Waals surface area contributed by atoms with Crippen molar-refractivity contribution in [2.75, 3.05) is 13.6 Å². The largest absolute Gasteiger partial charge is 0.326 e. The van der Waals surface area contributed by atoms with Crippen molar-refractivity contribution < 1.29 is 0 Å². The van der Waals surface area contributed by atoms with E-state index in [2.05, 4.69) is 39.7 Å². The maximum absolute atomic E-state index is 6.05. The zero-order chi connectivity index (χ0) is 13.9. The number of halogens is 1. The average molecular weight is 292 g/mol. The second-order valence-corrected chi connectivity index (χ2v) is 5.99. The lowest BCUT2D eigenvalue weighted by atomic mass is 10.2. The number of likely N-dealkylation sites (N-methyl/N-ethyl adjacent to an activating group) is 1. The molecule has 2 aromatic rings. The van der Waals surface area contributed by atoms with E-state index < -0.39 is 0 Å². The fraction of sp³-hybridized carbons (Fsp3) is 0.562. The Morgan fingerprint density at radius 3 is 2.80 bits per heavy atom. The van der Waals surface area contributed by atoms with Crippen LogP contribution in [0, 0.1) is 0 Å². The van der Waals surface area contributed by atoms with Crippen molar-refractivity contribution in [3.63, 3.8) is 0 Å². The molecule has 3 rings (SSSR count). The summed E-state index contributed by atoms with van der Waals surface area (Å²) in [6.45, 7) is 2.03. The van der Waals surface area contributed by atoms with Gasteiger partial charge in [-0.1, -0.05) is 25.0 Å². The van der Waals surface area contributed by atoms with Crippen molar-refractivity contribution in [3.05, 3.63) is 30.1 Å². The van der Waals surface area contributed by atoms with Gasteiger partial charge in [-0.25, -0.2) is 4.98 Å². The number of rotatable bonds is 5. The van der Waals surface area contributed by atoms with E-state index in [1.165, 1.54) is 31.2 Å². The van der Waals surface area contributed by atoms with Crippen molar-refractivity contribution >= 4 is 22.6 Å². The van der Waals surface area contributed by atoms with Gasteiger partial charge in [-0.05, 0) is 32.0 Å². The van der Waals surface area contributed by atoms with Crippen molar-refractivity contribution in [1.82, 2.24) is 14.5 Å². The predicted molar refractivity (Wildman–Crippen MR) is 84.2 cm³/mol. The summed E-state index contributed by atoms with van der Waals surface area (Å²) in [4.78, 5) is 7.12. The number of aromatic nitrogens is 2. The molecule has 0 radical (unpaired) electrons. The molecule has 0 spiro atoms. The van der Waals surface area contributed by atoms with Crippen molar-refractivity contribution in [2.45, 2.75) is 44.1 Å². The molecule has 0 saturated heterocycles. The Bertz CT molecular complexity index is 572. The van der Waals surface area contributed by atoms with E-state index in [4.69, 9.17) is 11.6 Å². The van der Waals surface area contributed by atoms with Crippen LogP contribution in [0.4, 0.5) is 0 Å². The second kappa shape index (κ2) is 6.15. The number of hydrogen-bond acceptors (Lipinski definition) is 2. The molecule has 108 valence electrons. The Morgan fingerprint density at radius 1 is 1.30 bits per heavy atom. The number of imidazole rings is 1. The van der Waals surface area contributed by atoms with Gasteiger partial charge in [0.2, 0.25) is 0 Å². The van der Waals surface area contributed by atoms with Gasteiger partial charge in [0.1, 0.15) is 5.82 Å². The quantitative estimate of drug-likeness (QED) is 0.784. The molecular weight excluding hydrogens is 270 g/mol. The highest BCUT2D eigenvalue weighted by molar-refractivity contribution is 6.16. The Labute approximate surface area is 125 Å². The normalized spacial score (nSPS) is 16.6. The van der Waals surface area contributed by atoms with Crippen molar-refractivity contribution in [2.24, 2.45) is 0 Å². The molecule has 1 fully saturated rings. The molecule has 0 amide bonds. The highest BCUT2D eigenvalue weighted by Crippen LogP contribution is 2.23. The number of fused-ring (bicyclic) bond motifs is 1. The fourth-order valence-corrected chi connectivity index (χ4v) is 3.47. The van der Waals surface area contributed by atoms with Gasteiger partial charge in [0.15, 0.2) is 0 Å². The number of hydrogen-bond donors (Lipinski definition) is 0. The van der Waals surface area contributed by atoms with Crippen LogP contribution in [0.1, 0.15) is 31.5 Å². The zero-order valence-electron chi connectivity index (χ0n) is 12.1. The molecule has 3 nitrogen and oxygen atoms in total. The van der Waals surface area contributed by atoms with E-state index in [9.17, 15) is 0 Å². The van der Waals surface area contributed by atoms with Crippen LogP contribution < -0.4 is 0 Å². The topological polar surface area (TPSA) is 21.1 Å². The average Bonchev–Trinajstić information content (AvgIpc) is 3.12. The minimum atomic E-state index is 0.474. The van der Waals surface area contributed by atoms with Crippen LogP contribution in [-0.2, 0) is 12.4 Å². The molecule has 1 aromatic heterocycles. The molecule has 1 aliphatic carbocycles. The van der Waals surface area contributed by atoms with Crippen LogP contribution >= 0.6 is 11.6 Å². The smallest absolute Gasteiger partial charge is 0.124 e. The molecule has 0 aliphatic heterocycles. The summed E-state index contributed by atoms with van der Waals surface area (Å²) in [6, 6.07) is 9.06. The first-order chi connectivity index (χ1) is 9.79. The maximum Gasteiger partial charge on any atom is 0.124 e. The SMILES string of the molecule is CN(CCn1c(CCl)nc2ccccc21)C1CCCC1. The minimum absolute atomic E-state index is 0.474. The van der Waals surface area contributed by atoms with Crippen LogP contribution in [-0.4, -0.2) is 34.1 Å². The third-order valence-electron chi connectivity index (χ3n) is 4.48. The highest BCUT2D eigenvalue weighted by atomic mass is 35.5. The molecule has 1 saturated carbocycles. The molecule has 0 N–H and O–H groups in total. The van der Waals surface area contributed by atoms with Gasteiger partial charge in [-0.3, -0.25) is 0 Å². The van der Waals surface area contributed by atoms with Gasteiger partial charge in [0.05, 0.1) is 16.9 Å². The monoisotopic (exact) mass is 291 g/mol. The Hall–Kier alpha value is -1.06. The van der Waals surface area contributed by atoms with Crippen LogP contribution in [0.2, 0.25) is 0 Å². The lowest BCUT2D eigenvalue weighted by molar-refractivity contribution is 0.236. The summed E-state index contributed by atoms with van der Waals surface area (Å²) < 4.78 is 2.27. The van der Waals surface area contributed by atoms with Crippen LogP contribution in [0.5, 0.6) is 0 Å². The molecule has 20 heavy (non-hydrogen) atoms. The Kier molecular flexibility index (Phi) is 4.27. The lowest BCUT2D eigenvalue weighted by Gasteiger charge is -2.24. The summed E-state index contributed by atoms with van der Waals surface area (Å²) in [5.41, 5.74) is 2.25. The molecule has 0 atom stereocenters. The summed E-state index contributed by atoms with van der Waals surface area (Å²) in [7, 11) is 2.25. The van der Waals surface area contributed by atoms with Crippen LogP contribution in [0.25, 0.3) is 11.0 Å². The van der Waals surface area contributed by atoms with Gasteiger partial charge < -0.3 is 9.47 Å². The van der Waals surface area contributed by atoms with E-state index >= 15 is 0 Å². The first kappa shape index (κ1) is 13.9. The number of para-hydroxylation sites is 2. The summed E-state index contributed by atoms with van der Waals surface area (Å²) >= 11 is 6.05. The third-order valence-corrected chi connectivity index (χ3v) is 4.72. The molecule has 0 unspecified atom stereocenters. The standard InChI is InChI=1S/C16H22ClN3/c1-19(13-6-2-3-7-13)10-11-20-15-9-5-4-8-14(15)18-16(20)12-17/h4-5,8-9,13H,2-3,6-7,10-12H2,1H3. The summed E-state index contributed by atoms with van der Waals surface area (Å²) in [5.74, 6) is 1.45. The van der Waals surface area contributed by atoms with Gasteiger partial charge in [0.25, 0.3) is 0 Å². The Balaban J connectivity index is 1.76. The maximum atomic E-state index is 6.05. The van der Waals surface area contributed by atoms with E-state index in [1.54, 1.807) is 0 Å². The molecular formula is C16H22ClN3. The second-order valence-electron chi connectivity index (χ2n) is 5.72. The minimum Gasteiger partial charge on any atom is -0.326 e. The van der Waals surface area contributed by atoms with E-state index in [0.29, 0.717) is 5.88 Å². The number of benzene rings is 1. The number of nitrogens with zero attached hydrogens (tertiary/aromatic N) is 3. The molecule has 1 aromatic carbocycles. The van der Waals surface area contributed by atoms with E-state index in [0.717, 1.165) is 30.5 Å². The lowest BCUT2D eigenvalue weighted by Crippen LogP contribution is -2.32. The van der Waals surface area contributed by atoms with E-state index in [-0.39, 0.29) is 0 Å². The molecule has 4 heteroatoms. The predicted octanol–water partition coefficient (Wildman–Crippen LogP) is 3.65. The van der Waals surface area contributed by atoms with Gasteiger partial charge >= 0.3 is 0 Å². The van der Waals surface area contributed by atoms with Gasteiger partial charge in [-0.15, -0.1) is 11.6 Å². The fourth-order valence-electron chi connectivity index (χ4n) is 3.26. The number of alkyl halides is 1. The third kappa shape index (κ3) is 2.70. The highest BCUT2D eigenvalue weighted by Gasteiger charge is 2.19. The van der Waals surface area contributed by atoms with Crippen molar-refractivity contribution in [3.8, 4) is 0 Å². The van der Waals surface area contributed by atoms with Crippen LogP contribution in [0.3, 0.4) is 0 Å². The molecule has 1 aliphatic rings. The van der Waals surface area contributed by atoms with Gasteiger partial charge in [0, 0.05) is 19.1 Å². The summed E-state index contributed by atoms with van der Waals surface area (Å²) in [5, 5.41) is 0. The van der Waals surface area contributed by atoms with E-state index in [1.807, 2.05) is 6.07 Å². The first-order valence-corrected chi connectivity index (χ1v) is 8.03. The van der Waals surface area contributed by atoms with Crippen molar-refractivity contribution in [1.29, 1.82) is 0 Å². The molecule has 0 bridgehead atoms. The Morgan fingerprint density at radius 2 is 2.05 bits per heavy atom.